The van der Waals surface area contributed by atoms with Crippen molar-refractivity contribution in [3.05, 3.63) is 17.8 Å². The summed E-state index contributed by atoms with van der Waals surface area (Å²) in [5, 5.41) is 16.2. The first-order chi connectivity index (χ1) is 11.2. The van der Waals surface area contributed by atoms with Crippen molar-refractivity contribution in [1.82, 2.24) is 25.2 Å². The third-order valence-corrected chi connectivity index (χ3v) is 4.31. The number of carbonyl (C=O) groups excluding carboxylic acids is 1. The van der Waals surface area contributed by atoms with Crippen LogP contribution in [0.4, 0.5) is 6.01 Å². The standard InChI is InChI=1S/C14H18N6O3/c1-22-13(21)11-8-19(18-15-11)7-10-3-2-6-20(10)14-17-16-12(23-14)9-4-5-9/h8-10H,2-7H2,1H3. The highest BCUT2D eigenvalue weighted by Gasteiger charge is 2.33. The number of hydrogen-bond acceptors (Lipinski definition) is 8. The molecule has 1 unspecified atom stereocenters. The van der Waals surface area contributed by atoms with Crippen LogP contribution in [0.3, 0.4) is 0 Å². The number of anilines is 1. The smallest absolute Gasteiger partial charge is 0.360 e. The first kappa shape index (κ1) is 14.2. The maximum atomic E-state index is 11.4. The zero-order valence-electron chi connectivity index (χ0n) is 12.9. The first-order valence-electron chi connectivity index (χ1n) is 7.83. The van der Waals surface area contributed by atoms with E-state index in [9.17, 15) is 4.79 Å². The van der Waals surface area contributed by atoms with Gasteiger partial charge in [-0.05, 0) is 25.7 Å². The number of carbonyl (C=O) groups is 1. The van der Waals surface area contributed by atoms with Gasteiger partial charge in [0.1, 0.15) is 0 Å². The van der Waals surface area contributed by atoms with Crippen molar-refractivity contribution < 1.29 is 13.9 Å². The van der Waals surface area contributed by atoms with Crippen molar-refractivity contribution in [3.8, 4) is 0 Å². The van der Waals surface area contributed by atoms with Crippen LogP contribution in [-0.2, 0) is 11.3 Å². The predicted octanol–water partition coefficient (Wildman–Crippen LogP) is 0.994. The highest BCUT2D eigenvalue weighted by molar-refractivity contribution is 5.86. The summed E-state index contributed by atoms with van der Waals surface area (Å²) in [6.45, 7) is 1.50. The third-order valence-electron chi connectivity index (χ3n) is 4.31. The molecule has 2 aromatic rings. The molecule has 2 aromatic heterocycles. The van der Waals surface area contributed by atoms with Crippen LogP contribution in [-0.4, -0.2) is 50.9 Å². The molecule has 3 heterocycles. The Labute approximate surface area is 132 Å². The molecule has 1 saturated carbocycles. The lowest BCUT2D eigenvalue weighted by Gasteiger charge is -2.21. The molecular formula is C14H18N6O3. The lowest BCUT2D eigenvalue weighted by molar-refractivity contribution is 0.0594. The molecule has 0 spiro atoms. The van der Waals surface area contributed by atoms with Crippen LogP contribution in [0.5, 0.6) is 0 Å². The van der Waals surface area contributed by atoms with E-state index in [1.54, 1.807) is 10.9 Å². The van der Waals surface area contributed by atoms with E-state index in [2.05, 4.69) is 30.1 Å². The average Bonchev–Trinajstić information content (AvgIpc) is 2.97. The van der Waals surface area contributed by atoms with E-state index in [0.717, 1.165) is 38.1 Å². The molecule has 1 aliphatic heterocycles. The summed E-state index contributed by atoms with van der Waals surface area (Å²) in [6.07, 6.45) is 5.95. The Hall–Kier alpha value is -2.45. The van der Waals surface area contributed by atoms with Crippen molar-refractivity contribution in [1.29, 1.82) is 0 Å². The van der Waals surface area contributed by atoms with E-state index in [4.69, 9.17) is 4.42 Å². The lowest BCUT2D eigenvalue weighted by atomic mass is 10.2. The molecule has 122 valence electrons. The zero-order valence-corrected chi connectivity index (χ0v) is 12.9. The number of aromatic nitrogens is 5. The highest BCUT2D eigenvalue weighted by atomic mass is 16.5. The number of methoxy groups -OCH3 is 1. The topological polar surface area (TPSA) is 99.2 Å². The van der Waals surface area contributed by atoms with E-state index in [1.165, 1.54) is 7.11 Å². The molecule has 9 heteroatoms. The Balaban J connectivity index is 1.46. The van der Waals surface area contributed by atoms with E-state index in [0.29, 0.717) is 18.5 Å². The SMILES string of the molecule is COC(=O)c1cn(CC2CCCN2c2nnc(C3CC3)o2)nn1. The van der Waals surface area contributed by atoms with Gasteiger partial charge in [0.2, 0.25) is 5.89 Å². The quantitative estimate of drug-likeness (QED) is 0.753. The number of nitrogens with zero attached hydrogens (tertiary/aromatic N) is 6. The zero-order chi connectivity index (χ0) is 15.8. The second-order valence-electron chi connectivity index (χ2n) is 6.00. The molecule has 0 aromatic carbocycles. The molecule has 1 saturated heterocycles. The summed E-state index contributed by atoms with van der Waals surface area (Å²) in [4.78, 5) is 13.6. The summed E-state index contributed by atoms with van der Waals surface area (Å²) in [7, 11) is 1.33. The van der Waals surface area contributed by atoms with Crippen LogP contribution in [0.25, 0.3) is 0 Å². The van der Waals surface area contributed by atoms with Crippen LogP contribution in [0, 0.1) is 0 Å². The van der Waals surface area contributed by atoms with Gasteiger partial charge in [0, 0.05) is 12.5 Å². The van der Waals surface area contributed by atoms with Crippen molar-refractivity contribution in [2.24, 2.45) is 0 Å². The minimum absolute atomic E-state index is 0.203. The normalized spacial score (nSPS) is 20.9. The van der Waals surface area contributed by atoms with Gasteiger partial charge in [-0.25, -0.2) is 9.48 Å². The number of hydrogen-bond donors (Lipinski definition) is 0. The van der Waals surface area contributed by atoms with Gasteiger partial charge in [-0.1, -0.05) is 10.3 Å². The Morgan fingerprint density at radius 2 is 2.22 bits per heavy atom. The maximum absolute atomic E-state index is 11.4. The molecular weight excluding hydrogens is 300 g/mol. The minimum atomic E-state index is -0.481. The maximum Gasteiger partial charge on any atom is 0.360 e. The van der Waals surface area contributed by atoms with Crippen LogP contribution in [0.15, 0.2) is 10.6 Å². The van der Waals surface area contributed by atoms with Gasteiger partial charge in [0.25, 0.3) is 0 Å². The number of rotatable bonds is 5. The lowest BCUT2D eigenvalue weighted by Crippen LogP contribution is -2.33. The van der Waals surface area contributed by atoms with Crippen molar-refractivity contribution in [2.75, 3.05) is 18.6 Å². The van der Waals surface area contributed by atoms with E-state index >= 15 is 0 Å². The van der Waals surface area contributed by atoms with Crippen LogP contribution < -0.4 is 4.90 Å². The van der Waals surface area contributed by atoms with Crippen LogP contribution >= 0.6 is 0 Å². The molecule has 0 N–H and O–H groups in total. The fraction of sp³-hybridized carbons (Fsp3) is 0.643. The summed E-state index contributed by atoms with van der Waals surface area (Å²) in [5.74, 6) is 0.722. The van der Waals surface area contributed by atoms with E-state index in [1.807, 2.05) is 0 Å². The Bertz CT molecular complexity index is 707. The molecule has 9 nitrogen and oxygen atoms in total. The minimum Gasteiger partial charge on any atom is -0.464 e. The molecule has 1 aliphatic carbocycles. The van der Waals surface area contributed by atoms with Gasteiger partial charge in [-0.3, -0.25) is 0 Å². The summed E-state index contributed by atoms with van der Waals surface area (Å²) in [6, 6.07) is 0.789. The first-order valence-corrected chi connectivity index (χ1v) is 7.83. The molecule has 0 bridgehead atoms. The third kappa shape index (κ3) is 2.78. The fourth-order valence-electron chi connectivity index (χ4n) is 2.92. The van der Waals surface area contributed by atoms with Gasteiger partial charge < -0.3 is 14.1 Å². The molecule has 0 radical (unpaired) electrons. The highest BCUT2D eigenvalue weighted by Crippen LogP contribution is 2.40. The van der Waals surface area contributed by atoms with Crippen LogP contribution in [0.1, 0.15) is 48.0 Å². The monoisotopic (exact) mass is 318 g/mol. The molecule has 4 rings (SSSR count). The Kier molecular flexibility index (Phi) is 3.47. The van der Waals surface area contributed by atoms with Crippen molar-refractivity contribution in [3.63, 3.8) is 0 Å². The van der Waals surface area contributed by atoms with Gasteiger partial charge in [-0.15, -0.1) is 10.2 Å². The molecule has 1 atom stereocenters. The van der Waals surface area contributed by atoms with Crippen molar-refractivity contribution in [2.45, 2.75) is 44.2 Å². The fourth-order valence-corrected chi connectivity index (χ4v) is 2.92. The second kappa shape index (κ2) is 5.64. The molecule has 2 fully saturated rings. The summed E-state index contributed by atoms with van der Waals surface area (Å²) < 4.78 is 12.1. The van der Waals surface area contributed by atoms with Crippen molar-refractivity contribution >= 4 is 12.0 Å². The number of esters is 1. The predicted molar refractivity (Wildman–Crippen MR) is 78.0 cm³/mol. The Morgan fingerprint density at radius 1 is 1.35 bits per heavy atom. The molecule has 2 aliphatic rings. The summed E-state index contributed by atoms with van der Waals surface area (Å²) in [5.41, 5.74) is 0.214. The van der Waals surface area contributed by atoms with E-state index in [-0.39, 0.29) is 11.7 Å². The van der Waals surface area contributed by atoms with Gasteiger partial charge >= 0.3 is 12.0 Å². The van der Waals surface area contributed by atoms with Gasteiger partial charge in [0.15, 0.2) is 5.69 Å². The molecule has 23 heavy (non-hydrogen) atoms. The molecule has 0 amide bonds. The number of ether oxygens (including phenoxy) is 1. The average molecular weight is 318 g/mol. The Morgan fingerprint density at radius 3 is 3.00 bits per heavy atom. The summed E-state index contributed by atoms with van der Waals surface area (Å²) >= 11 is 0. The van der Waals surface area contributed by atoms with Gasteiger partial charge in [-0.2, -0.15) is 0 Å². The second-order valence-corrected chi connectivity index (χ2v) is 6.00. The van der Waals surface area contributed by atoms with E-state index < -0.39 is 5.97 Å². The van der Waals surface area contributed by atoms with Crippen LogP contribution in [0.2, 0.25) is 0 Å². The van der Waals surface area contributed by atoms with Gasteiger partial charge in [0.05, 0.1) is 25.9 Å². The largest absolute Gasteiger partial charge is 0.464 e.